The lowest BCUT2D eigenvalue weighted by atomic mass is 10.0. The van der Waals surface area contributed by atoms with E-state index in [1.54, 1.807) is 11.9 Å². The molecule has 2 atom stereocenters. The van der Waals surface area contributed by atoms with Gasteiger partial charge in [-0.1, -0.05) is 12.2 Å². The van der Waals surface area contributed by atoms with Crippen LogP contribution in [0.1, 0.15) is 39.0 Å². The minimum atomic E-state index is -0.176. The van der Waals surface area contributed by atoms with Gasteiger partial charge in [-0.25, -0.2) is 0 Å². The van der Waals surface area contributed by atoms with Crippen molar-refractivity contribution in [3.8, 4) is 0 Å². The monoisotopic (exact) mass is 258 g/mol. The zero-order valence-corrected chi connectivity index (χ0v) is 11.5. The van der Waals surface area contributed by atoms with Crippen LogP contribution in [0.4, 0.5) is 0 Å². The number of ether oxygens (including phenoxy) is 1. The summed E-state index contributed by atoms with van der Waals surface area (Å²) in [5, 5.41) is 0. The number of carbonyl (C=O) groups is 1. The van der Waals surface area contributed by atoms with Crippen molar-refractivity contribution in [3.63, 3.8) is 0 Å². The van der Waals surface area contributed by atoms with Gasteiger partial charge in [-0.3, -0.25) is 4.79 Å². The van der Waals surface area contributed by atoms with Crippen molar-refractivity contribution in [1.82, 2.24) is 4.90 Å². The van der Waals surface area contributed by atoms with Crippen molar-refractivity contribution in [2.45, 2.75) is 51.2 Å². The summed E-state index contributed by atoms with van der Waals surface area (Å²) in [4.78, 5) is 13.9. The first kappa shape index (κ1) is 14.4. The number of nitrogens with zero attached hydrogens (tertiary/aromatic N) is 1. The number of likely N-dealkylation sites (N-methyl/N-ethyl adjacent to an activating group) is 1. The van der Waals surface area contributed by atoms with Gasteiger partial charge >= 0.3 is 0 Å². The molecule has 2 unspecified atom stereocenters. The Labute approximate surface area is 108 Å². The Bertz CT molecular complexity index is 278. The van der Waals surface area contributed by atoms with Crippen molar-refractivity contribution in [3.05, 3.63) is 0 Å². The van der Waals surface area contributed by atoms with Crippen molar-refractivity contribution in [2.75, 3.05) is 13.7 Å². The fourth-order valence-electron chi connectivity index (χ4n) is 1.90. The lowest BCUT2D eigenvalue weighted by Crippen LogP contribution is -2.43. The highest BCUT2D eigenvalue weighted by Crippen LogP contribution is 2.17. The average molecular weight is 258 g/mol. The molecular formula is C12H22N2O2S. The van der Waals surface area contributed by atoms with Crippen LogP contribution in [0.2, 0.25) is 0 Å². The van der Waals surface area contributed by atoms with E-state index >= 15 is 0 Å². The van der Waals surface area contributed by atoms with Gasteiger partial charge in [0.25, 0.3) is 0 Å². The van der Waals surface area contributed by atoms with E-state index < -0.39 is 0 Å². The number of amides is 1. The van der Waals surface area contributed by atoms with Crippen molar-refractivity contribution < 1.29 is 9.53 Å². The molecule has 5 heteroatoms. The van der Waals surface area contributed by atoms with Crippen LogP contribution >= 0.6 is 12.2 Å². The zero-order valence-electron chi connectivity index (χ0n) is 10.6. The first-order chi connectivity index (χ1) is 8.02. The van der Waals surface area contributed by atoms with Gasteiger partial charge in [0.05, 0.1) is 17.1 Å². The first-order valence-corrected chi connectivity index (χ1v) is 6.59. The van der Waals surface area contributed by atoms with Crippen LogP contribution in [-0.4, -0.2) is 41.6 Å². The number of carbonyl (C=O) groups excluding carboxylic acids is 1. The van der Waals surface area contributed by atoms with Gasteiger partial charge in [-0.05, 0) is 32.6 Å². The molecule has 0 spiro atoms. The second kappa shape index (κ2) is 6.91. The molecule has 98 valence electrons. The SMILES string of the molecule is CC(C(N)=S)N(C)C(=O)CCC1CCCCO1. The van der Waals surface area contributed by atoms with E-state index in [0.29, 0.717) is 11.4 Å². The van der Waals surface area contributed by atoms with Crippen LogP contribution in [0.3, 0.4) is 0 Å². The normalized spacial score (nSPS) is 21.9. The quantitative estimate of drug-likeness (QED) is 0.759. The molecular weight excluding hydrogens is 236 g/mol. The summed E-state index contributed by atoms with van der Waals surface area (Å²) in [6.07, 6.45) is 4.98. The minimum Gasteiger partial charge on any atom is -0.392 e. The molecule has 1 fully saturated rings. The Kier molecular flexibility index (Phi) is 5.85. The molecule has 1 saturated heterocycles. The van der Waals surface area contributed by atoms with E-state index in [-0.39, 0.29) is 18.1 Å². The lowest BCUT2D eigenvalue weighted by molar-refractivity contribution is -0.131. The predicted molar refractivity (Wildman–Crippen MR) is 71.8 cm³/mol. The summed E-state index contributed by atoms with van der Waals surface area (Å²) in [5.74, 6) is 0.0828. The largest absolute Gasteiger partial charge is 0.392 e. The first-order valence-electron chi connectivity index (χ1n) is 6.19. The third-order valence-electron chi connectivity index (χ3n) is 3.34. The minimum absolute atomic E-state index is 0.0828. The molecule has 2 N–H and O–H groups in total. The van der Waals surface area contributed by atoms with Crippen molar-refractivity contribution >= 4 is 23.1 Å². The molecule has 1 rings (SSSR count). The molecule has 0 aromatic heterocycles. The van der Waals surface area contributed by atoms with Crippen LogP contribution in [0.15, 0.2) is 0 Å². The number of nitrogens with two attached hydrogens (primary N) is 1. The molecule has 1 aliphatic heterocycles. The van der Waals surface area contributed by atoms with Gasteiger partial charge in [0, 0.05) is 20.1 Å². The van der Waals surface area contributed by atoms with Gasteiger partial charge in [0.15, 0.2) is 0 Å². The zero-order chi connectivity index (χ0) is 12.8. The van der Waals surface area contributed by atoms with E-state index in [2.05, 4.69) is 0 Å². The van der Waals surface area contributed by atoms with Crippen LogP contribution < -0.4 is 5.73 Å². The van der Waals surface area contributed by atoms with E-state index in [0.717, 1.165) is 25.9 Å². The molecule has 1 amide bonds. The predicted octanol–water partition coefficient (Wildman–Crippen LogP) is 1.47. The summed E-state index contributed by atoms with van der Waals surface area (Å²) in [6, 6.07) is -0.176. The maximum atomic E-state index is 11.9. The summed E-state index contributed by atoms with van der Waals surface area (Å²) in [5.41, 5.74) is 5.53. The third-order valence-corrected chi connectivity index (χ3v) is 3.68. The highest BCUT2D eigenvalue weighted by molar-refractivity contribution is 7.80. The molecule has 0 aliphatic carbocycles. The molecule has 0 aromatic carbocycles. The van der Waals surface area contributed by atoms with E-state index in [9.17, 15) is 4.79 Å². The molecule has 0 bridgehead atoms. The maximum Gasteiger partial charge on any atom is 0.222 e. The van der Waals surface area contributed by atoms with Gasteiger partial charge in [-0.2, -0.15) is 0 Å². The van der Waals surface area contributed by atoms with E-state index in [1.165, 1.54) is 6.42 Å². The average Bonchev–Trinajstić information content (AvgIpc) is 2.35. The molecule has 1 aliphatic rings. The topological polar surface area (TPSA) is 55.6 Å². The second-order valence-corrected chi connectivity index (χ2v) is 5.08. The van der Waals surface area contributed by atoms with Crippen molar-refractivity contribution in [2.24, 2.45) is 5.73 Å². The van der Waals surface area contributed by atoms with Gasteiger partial charge in [0.2, 0.25) is 5.91 Å². The molecule has 4 nitrogen and oxygen atoms in total. The number of hydrogen-bond donors (Lipinski definition) is 1. The summed E-state index contributed by atoms with van der Waals surface area (Å²) in [7, 11) is 1.74. The molecule has 1 heterocycles. The van der Waals surface area contributed by atoms with Gasteiger partial charge in [-0.15, -0.1) is 0 Å². The number of rotatable bonds is 5. The second-order valence-electron chi connectivity index (χ2n) is 4.61. The smallest absolute Gasteiger partial charge is 0.222 e. The highest BCUT2D eigenvalue weighted by Gasteiger charge is 2.20. The van der Waals surface area contributed by atoms with E-state index in [1.807, 2.05) is 6.92 Å². The third kappa shape index (κ3) is 4.60. The van der Waals surface area contributed by atoms with Crippen LogP contribution in [0.25, 0.3) is 0 Å². The van der Waals surface area contributed by atoms with Crippen LogP contribution in [-0.2, 0) is 9.53 Å². The number of thiocarbonyl (C=S) groups is 1. The van der Waals surface area contributed by atoms with Crippen LogP contribution in [0, 0.1) is 0 Å². The molecule has 0 radical (unpaired) electrons. The lowest BCUT2D eigenvalue weighted by Gasteiger charge is -2.26. The maximum absolute atomic E-state index is 11.9. The fourth-order valence-corrected chi connectivity index (χ4v) is 2.06. The Morgan fingerprint density at radius 1 is 1.59 bits per heavy atom. The standard InChI is InChI=1S/C12H22N2O2S/c1-9(12(13)17)14(2)11(15)7-6-10-5-3-4-8-16-10/h9-10H,3-8H2,1-2H3,(H2,13,17). The Morgan fingerprint density at radius 2 is 2.29 bits per heavy atom. The Balaban J connectivity index is 2.30. The van der Waals surface area contributed by atoms with Crippen LogP contribution in [0.5, 0.6) is 0 Å². The van der Waals surface area contributed by atoms with Crippen molar-refractivity contribution in [1.29, 1.82) is 0 Å². The molecule has 17 heavy (non-hydrogen) atoms. The summed E-state index contributed by atoms with van der Waals surface area (Å²) < 4.78 is 5.59. The molecule has 0 aromatic rings. The highest BCUT2D eigenvalue weighted by atomic mass is 32.1. The van der Waals surface area contributed by atoms with Gasteiger partial charge < -0.3 is 15.4 Å². The Morgan fingerprint density at radius 3 is 2.82 bits per heavy atom. The Hall–Kier alpha value is -0.680. The van der Waals surface area contributed by atoms with Gasteiger partial charge in [0.1, 0.15) is 0 Å². The van der Waals surface area contributed by atoms with E-state index in [4.69, 9.17) is 22.7 Å². The molecule has 0 saturated carbocycles. The summed E-state index contributed by atoms with van der Waals surface area (Å²) >= 11 is 4.88. The fraction of sp³-hybridized carbons (Fsp3) is 0.833. The number of hydrogen-bond acceptors (Lipinski definition) is 3. The summed E-state index contributed by atoms with van der Waals surface area (Å²) in [6.45, 7) is 2.68.